The van der Waals surface area contributed by atoms with Crippen LogP contribution in [-0.2, 0) is 5.54 Å². The van der Waals surface area contributed by atoms with Crippen LogP contribution in [-0.4, -0.2) is 9.97 Å². The van der Waals surface area contributed by atoms with Crippen molar-refractivity contribution in [3.63, 3.8) is 0 Å². The van der Waals surface area contributed by atoms with Crippen molar-refractivity contribution in [2.75, 3.05) is 0 Å². The van der Waals surface area contributed by atoms with E-state index in [0.29, 0.717) is 5.56 Å². The molecule has 4 heteroatoms. The van der Waals surface area contributed by atoms with Crippen molar-refractivity contribution in [1.29, 1.82) is 0 Å². The van der Waals surface area contributed by atoms with Crippen LogP contribution in [0.3, 0.4) is 0 Å². The smallest absolute Gasteiger partial charge is 0.126 e. The van der Waals surface area contributed by atoms with Crippen LogP contribution in [0.1, 0.15) is 38.1 Å². The lowest BCUT2D eigenvalue weighted by Gasteiger charge is -2.23. The fourth-order valence-corrected chi connectivity index (χ4v) is 2.07. The first-order chi connectivity index (χ1) is 9.00. The van der Waals surface area contributed by atoms with E-state index >= 15 is 0 Å². The molecule has 0 atom stereocenters. The van der Waals surface area contributed by atoms with E-state index in [9.17, 15) is 4.39 Å². The van der Waals surface area contributed by atoms with E-state index in [-0.39, 0.29) is 5.82 Å². The molecule has 0 aliphatic heterocycles. The first-order valence-electron chi connectivity index (χ1n) is 6.61. The maximum Gasteiger partial charge on any atom is 0.126 e. The lowest BCUT2D eigenvalue weighted by atomic mass is 9.93. The molecule has 0 aliphatic rings. The molecule has 0 fully saturated rings. The van der Waals surface area contributed by atoms with Crippen LogP contribution in [0.5, 0.6) is 0 Å². The summed E-state index contributed by atoms with van der Waals surface area (Å²) in [5, 5.41) is 0. The number of aryl methyl sites for hydroxylation is 1. The molecule has 1 aromatic carbocycles. The molecule has 1 heterocycles. The van der Waals surface area contributed by atoms with Crippen molar-refractivity contribution in [2.24, 2.45) is 5.73 Å². The molecule has 1 aromatic heterocycles. The lowest BCUT2D eigenvalue weighted by Crippen LogP contribution is -2.36. The number of hydrogen-bond donors (Lipinski definition) is 2. The fraction of sp³-hybridized carbons (Fsp3) is 0.400. The zero-order valence-corrected chi connectivity index (χ0v) is 11.6. The number of rotatable bonds is 4. The molecule has 0 spiro atoms. The number of imidazole rings is 1. The fourth-order valence-electron chi connectivity index (χ4n) is 2.07. The molecular weight excluding hydrogens is 241 g/mol. The van der Waals surface area contributed by atoms with Crippen LogP contribution in [0.15, 0.2) is 24.4 Å². The third-order valence-corrected chi connectivity index (χ3v) is 3.79. The number of hydrogen-bond acceptors (Lipinski definition) is 2. The van der Waals surface area contributed by atoms with E-state index in [2.05, 4.69) is 9.97 Å². The minimum absolute atomic E-state index is 0.210. The maximum atomic E-state index is 13.6. The normalized spacial score (nSPS) is 11.8. The number of aromatic nitrogens is 2. The SMILES string of the molecule is CCC(N)(CC)c1ncc(-c2ccc(C)c(F)c2)[nH]1. The molecule has 3 N–H and O–H groups in total. The Morgan fingerprint density at radius 1 is 1.32 bits per heavy atom. The topological polar surface area (TPSA) is 54.7 Å². The second-order valence-corrected chi connectivity index (χ2v) is 4.97. The predicted octanol–water partition coefficient (Wildman–Crippen LogP) is 3.50. The Morgan fingerprint density at radius 3 is 2.58 bits per heavy atom. The van der Waals surface area contributed by atoms with E-state index < -0.39 is 5.54 Å². The summed E-state index contributed by atoms with van der Waals surface area (Å²) in [4.78, 5) is 7.57. The van der Waals surface area contributed by atoms with Crippen molar-refractivity contribution in [1.82, 2.24) is 9.97 Å². The van der Waals surface area contributed by atoms with Gasteiger partial charge in [-0.1, -0.05) is 26.0 Å². The number of nitrogens with two attached hydrogens (primary N) is 1. The molecule has 0 radical (unpaired) electrons. The highest BCUT2D eigenvalue weighted by molar-refractivity contribution is 5.59. The highest BCUT2D eigenvalue weighted by Gasteiger charge is 2.26. The van der Waals surface area contributed by atoms with Gasteiger partial charge in [0.25, 0.3) is 0 Å². The lowest BCUT2D eigenvalue weighted by molar-refractivity contribution is 0.391. The maximum absolute atomic E-state index is 13.6. The second-order valence-electron chi connectivity index (χ2n) is 4.97. The molecule has 0 saturated heterocycles. The molecule has 2 aromatic rings. The molecule has 102 valence electrons. The summed E-state index contributed by atoms with van der Waals surface area (Å²) in [5.41, 5.74) is 8.08. The Kier molecular flexibility index (Phi) is 3.71. The molecule has 0 aliphatic carbocycles. The van der Waals surface area contributed by atoms with Gasteiger partial charge in [0, 0.05) is 5.56 Å². The highest BCUT2D eigenvalue weighted by Crippen LogP contribution is 2.26. The van der Waals surface area contributed by atoms with E-state index in [1.54, 1.807) is 19.2 Å². The van der Waals surface area contributed by atoms with Gasteiger partial charge in [0.1, 0.15) is 11.6 Å². The summed E-state index contributed by atoms with van der Waals surface area (Å²) >= 11 is 0. The number of nitrogens with zero attached hydrogens (tertiary/aromatic N) is 1. The summed E-state index contributed by atoms with van der Waals surface area (Å²) in [6, 6.07) is 5.16. The van der Waals surface area contributed by atoms with Gasteiger partial charge >= 0.3 is 0 Å². The van der Waals surface area contributed by atoms with Crippen LogP contribution in [0.2, 0.25) is 0 Å². The van der Waals surface area contributed by atoms with Crippen molar-refractivity contribution in [2.45, 2.75) is 39.2 Å². The van der Waals surface area contributed by atoms with Crippen molar-refractivity contribution in [3.05, 3.63) is 41.6 Å². The van der Waals surface area contributed by atoms with Crippen LogP contribution >= 0.6 is 0 Å². The minimum Gasteiger partial charge on any atom is -0.340 e. The Balaban J connectivity index is 2.38. The van der Waals surface area contributed by atoms with Gasteiger partial charge in [0.2, 0.25) is 0 Å². The van der Waals surface area contributed by atoms with Crippen LogP contribution < -0.4 is 5.73 Å². The molecular formula is C15H20FN3. The quantitative estimate of drug-likeness (QED) is 0.885. The average Bonchev–Trinajstić information content (AvgIpc) is 2.91. The van der Waals surface area contributed by atoms with Crippen molar-refractivity contribution in [3.8, 4) is 11.3 Å². The van der Waals surface area contributed by atoms with E-state index in [1.807, 2.05) is 19.9 Å². The largest absolute Gasteiger partial charge is 0.340 e. The zero-order chi connectivity index (χ0) is 14.0. The van der Waals surface area contributed by atoms with Gasteiger partial charge in [-0.2, -0.15) is 0 Å². The Morgan fingerprint density at radius 2 is 2.00 bits per heavy atom. The molecule has 0 amide bonds. The standard InChI is InChI=1S/C15H20FN3/c1-4-15(17,5-2)14-18-9-13(19-14)11-7-6-10(3)12(16)8-11/h6-9H,4-5,17H2,1-3H3,(H,18,19). The number of halogens is 1. The van der Waals surface area contributed by atoms with Gasteiger partial charge in [0.05, 0.1) is 17.4 Å². The minimum atomic E-state index is -0.443. The van der Waals surface area contributed by atoms with Crippen LogP contribution in [0.25, 0.3) is 11.3 Å². The Hall–Kier alpha value is -1.68. The monoisotopic (exact) mass is 261 g/mol. The predicted molar refractivity (Wildman–Crippen MR) is 75.2 cm³/mol. The van der Waals surface area contributed by atoms with Gasteiger partial charge < -0.3 is 10.7 Å². The molecule has 0 saturated carbocycles. The second kappa shape index (κ2) is 5.13. The number of nitrogens with one attached hydrogen (secondary N) is 1. The average molecular weight is 261 g/mol. The van der Waals surface area contributed by atoms with E-state index in [0.717, 1.165) is 29.9 Å². The summed E-state index contributed by atoms with van der Waals surface area (Å²) in [6.07, 6.45) is 3.32. The molecule has 2 rings (SSSR count). The number of aromatic amines is 1. The number of H-pyrrole nitrogens is 1. The Bertz CT molecular complexity index is 571. The first-order valence-corrected chi connectivity index (χ1v) is 6.61. The van der Waals surface area contributed by atoms with Crippen LogP contribution in [0, 0.1) is 12.7 Å². The van der Waals surface area contributed by atoms with Gasteiger partial charge in [-0.3, -0.25) is 0 Å². The summed E-state index contributed by atoms with van der Waals surface area (Å²) in [7, 11) is 0. The zero-order valence-electron chi connectivity index (χ0n) is 11.6. The molecule has 0 bridgehead atoms. The summed E-state index contributed by atoms with van der Waals surface area (Å²) in [6.45, 7) is 5.82. The van der Waals surface area contributed by atoms with Gasteiger partial charge in [0.15, 0.2) is 0 Å². The molecule has 19 heavy (non-hydrogen) atoms. The third kappa shape index (κ3) is 2.54. The van der Waals surface area contributed by atoms with Crippen molar-refractivity contribution >= 4 is 0 Å². The molecule has 3 nitrogen and oxygen atoms in total. The highest BCUT2D eigenvalue weighted by atomic mass is 19.1. The molecule has 0 unspecified atom stereocenters. The van der Waals surface area contributed by atoms with Crippen molar-refractivity contribution < 1.29 is 4.39 Å². The van der Waals surface area contributed by atoms with Gasteiger partial charge in [-0.05, 0) is 31.4 Å². The number of benzene rings is 1. The van der Waals surface area contributed by atoms with Crippen LogP contribution in [0.4, 0.5) is 4.39 Å². The van der Waals surface area contributed by atoms with E-state index in [1.165, 1.54) is 6.07 Å². The van der Waals surface area contributed by atoms with E-state index in [4.69, 9.17) is 5.73 Å². The van der Waals surface area contributed by atoms with Gasteiger partial charge in [-0.15, -0.1) is 0 Å². The summed E-state index contributed by atoms with van der Waals surface area (Å²) in [5.74, 6) is 0.548. The Labute approximate surface area is 113 Å². The third-order valence-electron chi connectivity index (χ3n) is 3.79. The first kappa shape index (κ1) is 13.7. The van der Waals surface area contributed by atoms with Gasteiger partial charge in [-0.25, -0.2) is 9.37 Å². The summed E-state index contributed by atoms with van der Waals surface area (Å²) < 4.78 is 13.6.